The highest BCUT2D eigenvalue weighted by atomic mass is 32.3. The fourth-order valence-electron chi connectivity index (χ4n) is 3.21. The van der Waals surface area contributed by atoms with Gasteiger partial charge in [-0.2, -0.15) is 13.5 Å². The second-order valence-corrected chi connectivity index (χ2v) is 7.15. The first-order chi connectivity index (χ1) is 12.2. The summed E-state index contributed by atoms with van der Waals surface area (Å²) >= 11 is 0. The Bertz CT molecular complexity index is 755. The first-order valence-electron chi connectivity index (χ1n) is 7.81. The molecule has 5 amide bonds. The van der Waals surface area contributed by atoms with Crippen molar-refractivity contribution in [1.29, 1.82) is 0 Å². The molecule has 3 atom stereocenters. The first kappa shape index (κ1) is 18.3. The van der Waals surface area contributed by atoms with Crippen molar-refractivity contribution in [3.05, 3.63) is 0 Å². The van der Waals surface area contributed by atoms with E-state index < -0.39 is 46.4 Å². The van der Waals surface area contributed by atoms with E-state index in [9.17, 15) is 27.6 Å². The molecule has 0 radical (unpaired) electrons. The van der Waals surface area contributed by atoms with Crippen molar-refractivity contribution < 1.29 is 36.4 Å². The van der Waals surface area contributed by atoms with Gasteiger partial charge < -0.3 is 10.2 Å². The van der Waals surface area contributed by atoms with Gasteiger partial charge in [0.05, 0.1) is 6.04 Å². The van der Waals surface area contributed by atoms with Crippen molar-refractivity contribution in [3.8, 4) is 0 Å². The largest absolute Gasteiger partial charge is 0.418 e. The fraction of sp³-hybridized carbons (Fsp3) is 0.667. The van der Waals surface area contributed by atoms with E-state index >= 15 is 0 Å². The Balaban J connectivity index is 1.57. The summed E-state index contributed by atoms with van der Waals surface area (Å²) in [7, 11) is -4.87. The monoisotopic (exact) mass is 391 g/mol. The summed E-state index contributed by atoms with van der Waals surface area (Å²) in [5, 5.41) is 2.97. The van der Waals surface area contributed by atoms with Crippen molar-refractivity contribution in [3.63, 3.8) is 0 Å². The Morgan fingerprint density at radius 3 is 2.46 bits per heavy atom. The zero-order valence-corrected chi connectivity index (χ0v) is 14.2. The quantitative estimate of drug-likeness (QED) is 0.298. The highest BCUT2D eigenvalue weighted by molar-refractivity contribution is 7.80. The van der Waals surface area contributed by atoms with Gasteiger partial charge in [0, 0.05) is 13.0 Å². The van der Waals surface area contributed by atoms with Crippen LogP contribution in [0, 0.1) is 0 Å². The van der Waals surface area contributed by atoms with Crippen LogP contribution >= 0.6 is 0 Å². The molecular weight excluding hydrogens is 374 g/mol. The van der Waals surface area contributed by atoms with Gasteiger partial charge in [-0.05, 0) is 19.3 Å². The molecule has 3 heterocycles. The molecule has 3 aliphatic rings. The molecule has 0 saturated carbocycles. The lowest BCUT2D eigenvalue weighted by atomic mass is 10.0. The third-order valence-electron chi connectivity index (χ3n) is 4.42. The average molecular weight is 391 g/mol. The summed E-state index contributed by atoms with van der Waals surface area (Å²) in [6.45, 7) is 0.0407. The summed E-state index contributed by atoms with van der Waals surface area (Å²) in [4.78, 5) is 48.5. The van der Waals surface area contributed by atoms with Crippen LogP contribution in [0.1, 0.15) is 25.7 Å². The van der Waals surface area contributed by atoms with Gasteiger partial charge in [-0.15, -0.1) is 4.28 Å². The number of hydroxylamine groups is 2. The summed E-state index contributed by atoms with van der Waals surface area (Å²) in [5.41, 5.74) is 4.39. The number of nitrogens with zero attached hydrogens (tertiary/aromatic N) is 2. The minimum atomic E-state index is -4.87. The number of hydrazine groups is 1. The summed E-state index contributed by atoms with van der Waals surface area (Å²) in [6.07, 6.45) is 1.02. The second kappa shape index (κ2) is 6.69. The van der Waals surface area contributed by atoms with E-state index in [1.807, 2.05) is 0 Å². The van der Waals surface area contributed by atoms with Gasteiger partial charge in [0.15, 0.2) is 0 Å². The number of hydrogen-bond donors (Lipinski definition) is 4. The molecule has 0 aliphatic carbocycles. The Kier molecular flexibility index (Phi) is 4.72. The number of carbonyl (C=O) groups excluding carboxylic acids is 4. The molecule has 144 valence electrons. The molecule has 13 nitrogen and oxygen atoms in total. The number of rotatable bonds is 4. The molecule has 0 unspecified atom stereocenters. The molecule has 26 heavy (non-hydrogen) atoms. The standard InChI is InChI=1S/C12H17N5O8S/c18-9-4-2-7(13-9)10(19)14-15-11(20)8-3-1-6-5-16(8)12(21)17(6)25-26(22,23)24/h6-8H,1-5H2,(H,13,18)(H,14,19)(H,15,20)(H,22,23,24)/t6-,7-,8-/m0/s1. The lowest BCUT2D eigenvalue weighted by Gasteiger charge is -2.29. The van der Waals surface area contributed by atoms with Gasteiger partial charge in [-0.1, -0.05) is 0 Å². The van der Waals surface area contributed by atoms with E-state index in [0.717, 1.165) is 4.90 Å². The SMILES string of the molecule is O=C1CC[C@@H](C(=O)NNC(=O)[C@@H]2CC[C@H]3CN2C(=O)N3OS(=O)(=O)O)N1. The molecule has 0 aromatic carbocycles. The molecule has 2 bridgehead atoms. The van der Waals surface area contributed by atoms with Gasteiger partial charge >= 0.3 is 16.4 Å². The number of amides is 5. The number of carbonyl (C=O) groups is 4. The highest BCUT2D eigenvalue weighted by Gasteiger charge is 2.49. The second-order valence-electron chi connectivity index (χ2n) is 6.15. The third-order valence-corrected chi connectivity index (χ3v) is 4.77. The van der Waals surface area contributed by atoms with Crippen molar-refractivity contribution in [2.24, 2.45) is 0 Å². The zero-order chi connectivity index (χ0) is 19.1. The van der Waals surface area contributed by atoms with Gasteiger partial charge in [0.2, 0.25) is 5.91 Å². The fourth-order valence-corrected chi connectivity index (χ4v) is 3.60. The minimum absolute atomic E-state index is 0.0407. The van der Waals surface area contributed by atoms with Crippen LogP contribution in [-0.2, 0) is 29.1 Å². The Labute approximate surface area is 147 Å². The van der Waals surface area contributed by atoms with E-state index in [2.05, 4.69) is 20.5 Å². The highest BCUT2D eigenvalue weighted by Crippen LogP contribution is 2.30. The predicted molar refractivity (Wildman–Crippen MR) is 80.8 cm³/mol. The van der Waals surface area contributed by atoms with Crippen molar-refractivity contribution >= 4 is 34.2 Å². The zero-order valence-electron chi connectivity index (χ0n) is 13.4. The van der Waals surface area contributed by atoms with Crippen LogP contribution in [-0.4, -0.2) is 71.4 Å². The van der Waals surface area contributed by atoms with E-state index in [-0.39, 0.29) is 31.7 Å². The van der Waals surface area contributed by atoms with Crippen LogP contribution in [0.5, 0.6) is 0 Å². The lowest BCUT2D eigenvalue weighted by Crippen LogP contribution is -2.56. The van der Waals surface area contributed by atoms with Crippen molar-refractivity contribution in [2.75, 3.05) is 6.54 Å². The van der Waals surface area contributed by atoms with Crippen LogP contribution in [0.4, 0.5) is 4.79 Å². The summed E-state index contributed by atoms with van der Waals surface area (Å²) in [5.74, 6) is -1.50. The summed E-state index contributed by atoms with van der Waals surface area (Å²) in [6, 6.07) is -3.16. The third kappa shape index (κ3) is 3.71. The molecule has 3 rings (SSSR count). The molecule has 14 heteroatoms. The topological polar surface area (TPSA) is 174 Å². The molecule has 0 spiro atoms. The van der Waals surface area contributed by atoms with Gasteiger partial charge in [-0.25, -0.2) is 4.79 Å². The first-order valence-corrected chi connectivity index (χ1v) is 9.18. The summed E-state index contributed by atoms with van der Waals surface area (Å²) < 4.78 is 34.7. The number of fused-ring (bicyclic) bond motifs is 2. The predicted octanol–water partition coefficient (Wildman–Crippen LogP) is -2.58. The Morgan fingerprint density at radius 1 is 1.15 bits per heavy atom. The number of urea groups is 1. The van der Waals surface area contributed by atoms with Gasteiger partial charge in [0.25, 0.3) is 11.8 Å². The van der Waals surface area contributed by atoms with Crippen molar-refractivity contribution in [2.45, 2.75) is 43.8 Å². The number of hydrogen-bond acceptors (Lipinski definition) is 7. The van der Waals surface area contributed by atoms with E-state index in [1.165, 1.54) is 0 Å². The van der Waals surface area contributed by atoms with Crippen LogP contribution in [0.25, 0.3) is 0 Å². The maximum atomic E-state index is 12.3. The molecule has 0 aromatic heterocycles. The molecule has 0 aromatic rings. The van der Waals surface area contributed by atoms with E-state index in [0.29, 0.717) is 11.5 Å². The molecular formula is C12H17N5O8S. The Morgan fingerprint density at radius 2 is 1.85 bits per heavy atom. The average Bonchev–Trinajstić information content (AvgIpc) is 3.09. The molecule has 4 N–H and O–H groups in total. The maximum absolute atomic E-state index is 12.3. The molecule has 3 fully saturated rings. The molecule has 3 saturated heterocycles. The van der Waals surface area contributed by atoms with Crippen LogP contribution in [0.15, 0.2) is 0 Å². The van der Waals surface area contributed by atoms with Gasteiger partial charge in [0.1, 0.15) is 12.1 Å². The van der Waals surface area contributed by atoms with Crippen molar-refractivity contribution in [1.82, 2.24) is 26.1 Å². The number of nitrogens with one attached hydrogen (secondary N) is 3. The van der Waals surface area contributed by atoms with Crippen LogP contribution in [0.3, 0.4) is 0 Å². The van der Waals surface area contributed by atoms with Crippen LogP contribution < -0.4 is 16.2 Å². The number of piperidine rings is 1. The van der Waals surface area contributed by atoms with E-state index in [4.69, 9.17) is 4.55 Å². The van der Waals surface area contributed by atoms with Gasteiger partial charge in [-0.3, -0.25) is 29.8 Å². The molecule has 3 aliphatic heterocycles. The maximum Gasteiger partial charge on any atom is 0.418 e. The lowest BCUT2D eigenvalue weighted by molar-refractivity contribution is -0.133. The van der Waals surface area contributed by atoms with Crippen LogP contribution in [0.2, 0.25) is 0 Å². The smallest absolute Gasteiger partial charge is 0.344 e. The Hall–Kier alpha value is -2.45. The normalized spacial score (nSPS) is 28.1. The minimum Gasteiger partial charge on any atom is -0.344 e. The van der Waals surface area contributed by atoms with E-state index in [1.54, 1.807) is 0 Å².